The third-order valence-electron chi connectivity index (χ3n) is 2.24. The van der Waals surface area contributed by atoms with Crippen molar-refractivity contribution >= 4 is 0 Å². The Bertz CT molecular complexity index is 464. The Kier molecular flexibility index (Phi) is 2.77. The molecule has 2 rings (SSSR count). The van der Waals surface area contributed by atoms with E-state index in [1.807, 2.05) is 0 Å². The van der Waals surface area contributed by atoms with Crippen LogP contribution in [0.1, 0.15) is 11.1 Å². The van der Waals surface area contributed by atoms with E-state index in [1.165, 1.54) is 18.2 Å². The van der Waals surface area contributed by atoms with Crippen molar-refractivity contribution in [1.29, 1.82) is 0 Å². The third kappa shape index (κ3) is 2.40. The Morgan fingerprint density at radius 3 is 2.40 bits per heavy atom. The molecule has 0 aliphatic carbocycles. The molecular formula is C13H10F2. The lowest BCUT2D eigenvalue weighted by molar-refractivity contribution is 0.611. The lowest BCUT2D eigenvalue weighted by Crippen LogP contribution is -1.92. The maximum atomic E-state index is 13.3. The Balaban J connectivity index is 2.26. The molecule has 0 saturated heterocycles. The molecule has 0 aliphatic heterocycles. The molecule has 0 amide bonds. The first-order valence-corrected chi connectivity index (χ1v) is 4.73. The first kappa shape index (κ1) is 9.84. The molecule has 76 valence electrons. The highest BCUT2D eigenvalue weighted by atomic mass is 19.1. The van der Waals surface area contributed by atoms with Crippen LogP contribution in [-0.4, -0.2) is 0 Å². The molecule has 0 aliphatic rings. The number of rotatable bonds is 2. The summed E-state index contributed by atoms with van der Waals surface area (Å²) in [6.45, 7) is 0. The minimum atomic E-state index is -0.288. The third-order valence-corrected chi connectivity index (χ3v) is 2.24. The van der Waals surface area contributed by atoms with Crippen molar-refractivity contribution in [2.75, 3.05) is 0 Å². The normalized spacial score (nSPS) is 10.3. The maximum absolute atomic E-state index is 13.3. The quantitative estimate of drug-likeness (QED) is 0.701. The summed E-state index contributed by atoms with van der Waals surface area (Å²) in [5.74, 6) is -0.536. The van der Waals surface area contributed by atoms with Gasteiger partial charge in [-0.3, -0.25) is 0 Å². The molecular weight excluding hydrogens is 194 g/mol. The Labute approximate surface area is 87.2 Å². The fraction of sp³-hybridized carbons (Fsp3) is 0.0769. The number of benzene rings is 2. The lowest BCUT2D eigenvalue weighted by Gasteiger charge is -2.03. The molecule has 0 bridgehead atoms. The monoisotopic (exact) mass is 204 g/mol. The molecule has 0 fully saturated rings. The van der Waals surface area contributed by atoms with Gasteiger partial charge in [0.15, 0.2) is 0 Å². The lowest BCUT2D eigenvalue weighted by atomic mass is 10.0. The molecule has 15 heavy (non-hydrogen) atoms. The van der Waals surface area contributed by atoms with Crippen LogP contribution in [0, 0.1) is 11.6 Å². The second-order valence-electron chi connectivity index (χ2n) is 3.40. The van der Waals surface area contributed by atoms with Crippen LogP contribution in [0.15, 0.2) is 48.5 Å². The number of hydrogen-bond donors (Lipinski definition) is 0. The Morgan fingerprint density at radius 2 is 1.67 bits per heavy atom. The van der Waals surface area contributed by atoms with Crippen LogP contribution >= 0.6 is 0 Å². The summed E-state index contributed by atoms with van der Waals surface area (Å²) < 4.78 is 26.2. The van der Waals surface area contributed by atoms with Crippen LogP contribution in [0.25, 0.3) is 0 Å². The van der Waals surface area contributed by atoms with E-state index < -0.39 is 0 Å². The zero-order valence-electron chi connectivity index (χ0n) is 8.08. The maximum Gasteiger partial charge on any atom is 0.126 e. The van der Waals surface area contributed by atoms with E-state index in [1.54, 1.807) is 30.3 Å². The van der Waals surface area contributed by atoms with Gasteiger partial charge in [0.25, 0.3) is 0 Å². The van der Waals surface area contributed by atoms with E-state index in [0.29, 0.717) is 12.0 Å². The number of halogens is 2. The second-order valence-corrected chi connectivity index (χ2v) is 3.40. The summed E-state index contributed by atoms with van der Waals surface area (Å²) in [6.07, 6.45) is 0.421. The van der Waals surface area contributed by atoms with Crippen LogP contribution in [-0.2, 0) is 6.42 Å². The van der Waals surface area contributed by atoms with Gasteiger partial charge in [-0.25, -0.2) is 8.78 Å². The summed E-state index contributed by atoms with van der Waals surface area (Å²) in [6, 6.07) is 12.8. The molecule has 0 heterocycles. The largest absolute Gasteiger partial charge is 0.207 e. The van der Waals surface area contributed by atoms with Crippen molar-refractivity contribution in [2.24, 2.45) is 0 Å². The van der Waals surface area contributed by atoms with Crippen LogP contribution in [0.3, 0.4) is 0 Å². The molecule has 0 atom stereocenters. The van der Waals surface area contributed by atoms with Gasteiger partial charge in [-0.1, -0.05) is 30.3 Å². The molecule has 0 aromatic heterocycles. The van der Waals surface area contributed by atoms with Crippen molar-refractivity contribution in [3.05, 3.63) is 71.3 Å². The molecule has 0 unspecified atom stereocenters. The van der Waals surface area contributed by atoms with Gasteiger partial charge in [-0.15, -0.1) is 0 Å². The second kappa shape index (κ2) is 4.22. The van der Waals surface area contributed by atoms with Crippen LogP contribution < -0.4 is 0 Å². The predicted molar refractivity (Wildman–Crippen MR) is 55.6 cm³/mol. The van der Waals surface area contributed by atoms with Gasteiger partial charge in [0.1, 0.15) is 11.6 Å². The zero-order chi connectivity index (χ0) is 10.7. The van der Waals surface area contributed by atoms with Crippen molar-refractivity contribution in [1.82, 2.24) is 0 Å². The highest BCUT2D eigenvalue weighted by Gasteiger charge is 2.02. The van der Waals surface area contributed by atoms with Gasteiger partial charge < -0.3 is 0 Å². The fourth-order valence-electron chi connectivity index (χ4n) is 1.51. The average molecular weight is 204 g/mol. The van der Waals surface area contributed by atoms with Crippen molar-refractivity contribution in [3.8, 4) is 0 Å². The van der Waals surface area contributed by atoms with E-state index >= 15 is 0 Å². The summed E-state index contributed by atoms with van der Waals surface area (Å²) in [5.41, 5.74) is 1.36. The predicted octanol–water partition coefficient (Wildman–Crippen LogP) is 3.56. The van der Waals surface area contributed by atoms with Gasteiger partial charge in [0, 0.05) is 6.42 Å². The van der Waals surface area contributed by atoms with E-state index in [-0.39, 0.29) is 11.6 Å². The first-order valence-electron chi connectivity index (χ1n) is 4.73. The summed E-state index contributed by atoms with van der Waals surface area (Å²) in [5, 5.41) is 0. The molecule has 2 aromatic carbocycles. The smallest absolute Gasteiger partial charge is 0.126 e. The zero-order valence-corrected chi connectivity index (χ0v) is 8.08. The SMILES string of the molecule is Fc1cccc(Cc2ccccc2F)c1. The minimum Gasteiger partial charge on any atom is -0.207 e. The van der Waals surface area contributed by atoms with Crippen molar-refractivity contribution in [2.45, 2.75) is 6.42 Å². The highest BCUT2D eigenvalue weighted by molar-refractivity contribution is 5.27. The average Bonchev–Trinajstić information content (AvgIpc) is 2.22. The van der Waals surface area contributed by atoms with Gasteiger partial charge in [-0.2, -0.15) is 0 Å². The minimum absolute atomic E-state index is 0.248. The van der Waals surface area contributed by atoms with E-state index in [9.17, 15) is 8.78 Å². The topological polar surface area (TPSA) is 0 Å². The molecule has 0 N–H and O–H groups in total. The molecule has 2 heteroatoms. The van der Waals surface area contributed by atoms with Gasteiger partial charge in [0.05, 0.1) is 0 Å². The van der Waals surface area contributed by atoms with E-state index in [0.717, 1.165) is 5.56 Å². The summed E-state index contributed by atoms with van der Waals surface area (Å²) >= 11 is 0. The first-order chi connectivity index (χ1) is 7.25. The van der Waals surface area contributed by atoms with Crippen LogP contribution in [0.2, 0.25) is 0 Å². The van der Waals surface area contributed by atoms with Gasteiger partial charge in [0.2, 0.25) is 0 Å². The molecule has 0 radical (unpaired) electrons. The Morgan fingerprint density at radius 1 is 0.867 bits per heavy atom. The summed E-state index contributed by atoms with van der Waals surface area (Å²) in [7, 11) is 0. The highest BCUT2D eigenvalue weighted by Crippen LogP contribution is 2.13. The van der Waals surface area contributed by atoms with Crippen molar-refractivity contribution in [3.63, 3.8) is 0 Å². The Hall–Kier alpha value is -1.70. The van der Waals surface area contributed by atoms with Gasteiger partial charge >= 0.3 is 0 Å². The molecule has 2 aromatic rings. The van der Waals surface area contributed by atoms with Crippen LogP contribution in [0.5, 0.6) is 0 Å². The molecule has 0 nitrogen and oxygen atoms in total. The standard InChI is InChI=1S/C13H10F2/c14-12-6-3-4-10(9-12)8-11-5-1-2-7-13(11)15/h1-7,9H,8H2. The fourth-order valence-corrected chi connectivity index (χ4v) is 1.51. The number of hydrogen-bond acceptors (Lipinski definition) is 0. The van der Waals surface area contributed by atoms with E-state index in [2.05, 4.69) is 0 Å². The summed E-state index contributed by atoms with van der Waals surface area (Å²) in [4.78, 5) is 0. The van der Waals surface area contributed by atoms with Crippen LogP contribution in [0.4, 0.5) is 8.78 Å². The van der Waals surface area contributed by atoms with Crippen molar-refractivity contribution < 1.29 is 8.78 Å². The molecule has 0 spiro atoms. The molecule has 0 saturated carbocycles. The van der Waals surface area contributed by atoms with E-state index in [4.69, 9.17) is 0 Å². The van der Waals surface area contributed by atoms with Gasteiger partial charge in [-0.05, 0) is 29.3 Å².